The Hall–Kier alpha value is -2.64. The molecular formula is C19H26FN3O4. The van der Waals surface area contributed by atoms with Crippen molar-refractivity contribution in [1.29, 1.82) is 0 Å². The van der Waals surface area contributed by atoms with Crippen molar-refractivity contribution in [3.63, 3.8) is 0 Å². The van der Waals surface area contributed by atoms with Gasteiger partial charge in [0.25, 0.3) is 0 Å². The van der Waals surface area contributed by atoms with Gasteiger partial charge < -0.3 is 19.9 Å². The maximum atomic E-state index is 13.1. The summed E-state index contributed by atoms with van der Waals surface area (Å²) in [5.41, 5.74) is -0.197. The van der Waals surface area contributed by atoms with E-state index >= 15 is 0 Å². The SMILES string of the molecule is CC(C)(C)OC(=O)N1CCN(C(=O)CCC(=O)Nc2cccc(F)c2)CC1. The predicted octanol–water partition coefficient (Wildman–Crippen LogP) is 2.62. The maximum Gasteiger partial charge on any atom is 0.410 e. The van der Waals surface area contributed by atoms with Gasteiger partial charge in [-0.3, -0.25) is 9.59 Å². The zero-order chi connectivity index (χ0) is 20.0. The first kappa shape index (κ1) is 20.7. The van der Waals surface area contributed by atoms with Crippen LogP contribution < -0.4 is 5.32 Å². The Kier molecular flexibility index (Phi) is 6.76. The number of rotatable bonds is 4. The number of hydrogen-bond donors (Lipinski definition) is 1. The van der Waals surface area contributed by atoms with E-state index in [1.54, 1.807) is 36.6 Å². The van der Waals surface area contributed by atoms with Crippen molar-refractivity contribution in [2.75, 3.05) is 31.5 Å². The van der Waals surface area contributed by atoms with Crippen LogP contribution in [0.2, 0.25) is 0 Å². The average molecular weight is 379 g/mol. The molecule has 1 aliphatic heterocycles. The monoisotopic (exact) mass is 379 g/mol. The minimum Gasteiger partial charge on any atom is -0.444 e. The van der Waals surface area contributed by atoms with Gasteiger partial charge in [0.1, 0.15) is 11.4 Å². The molecule has 3 amide bonds. The molecule has 0 radical (unpaired) electrons. The lowest BCUT2D eigenvalue weighted by Gasteiger charge is -2.35. The molecular weight excluding hydrogens is 353 g/mol. The highest BCUT2D eigenvalue weighted by molar-refractivity contribution is 5.93. The normalized spacial score (nSPS) is 14.7. The number of halogens is 1. The number of amides is 3. The van der Waals surface area contributed by atoms with Crippen molar-refractivity contribution >= 4 is 23.6 Å². The fraction of sp³-hybridized carbons (Fsp3) is 0.526. The molecule has 0 spiro atoms. The fourth-order valence-corrected chi connectivity index (χ4v) is 2.63. The molecule has 0 aromatic heterocycles. The Morgan fingerprint density at radius 3 is 2.30 bits per heavy atom. The molecule has 1 aliphatic rings. The van der Waals surface area contributed by atoms with E-state index in [4.69, 9.17) is 4.74 Å². The van der Waals surface area contributed by atoms with Gasteiger partial charge >= 0.3 is 6.09 Å². The molecule has 1 aromatic carbocycles. The second kappa shape index (κ2) is 8.83. The lowest BCUT2D eigenvalue weighted by Crippen LogP contribution is -2.51. The molecule has 1 aromatic rings. The number of benzene rings is 1. The van der Waals surface area contributed by atoms with Crippen molar-refractivity contribution < 1.29 is 23.5 Å². The van der Waals surface area contributed by atoms with Crippen LogP contribution in [0.3, 0.4) is 0 Å². The summed E-state index contributed by atoms with van der Waals surface area (Å²) in [5, 5.41) is 2.57. The number of anilines is 1. The van der Waals surface area contributed by atoms with Crippen LogP contribution in [0, 0.1) is 5.82 Å². The molecule has 0 unspecified atom stereocenters. The van der Waals surface area contributed by atoms with Crippen molar-refractivity contribution in [2.45, 2.75) is 39.2 Å². The van der Waals surface area contributed by atoms with Gasteiger partial charge in [0.2, 0.25) is 11.8 Å². The Morgan fingerprint density at radius 2 is 1.70 bits per heavy atom. The highest BCUT2D eigenvalue weighted by Gasteiger charge is 2.27. The van der Waals surface area contributed by atoms with Gasteiger partial charge in [-0.2, -0.15) is 0 Å². The minimum absolute atomic E-state index is 0.0155. The third-order valence-corrected chi connectivity index (χ3v) is 3.96. The molecule has 0 bridgehead atoms. The molecule has 7 nitrogen and oxygen atoms in total. The highest BCUT2D eigenvalue weighted by atomic mass is 19.1. The summed E-state index contributed by atoms with van der Waals surface area (Å²) in [6, 6.07) is 5.59. The van der Waals surface area contributed by atoms with Crippen molar-refractivity contribution in [1.82, 2.24) is 9.80 Å². The number of hydrogen-bond acceptors (Lipinski definition) is 4. The van der Waals surface area contributed by atoms with Crippen LogP contribution >= 0.6 is 0 Å². The van der Waals surface area contributed by atoms with Crippen LogP contribution in [0.15, 0.2) is 24.3 Å². The first-order valence-corrected chi connectivity index (χ1v) is 8.95. The van der Waals surface area contributed by atoms with Gasteiger partial charge in [-0.1, -0.05) is 6.07 Å². The van der Waals surface area contributed by atoms with Crippen molar-refractivity contribution in [2.24, 2.45) is 0 Å². The topological polar surface area (TPSA) is 79.0 Å². The zero-order valence-corrected chi connectivity index (χ0v) is 16.0. The number of piperazine rings is 1. The number of ether oxygens (including phenoxy) is 1. The molecule has 0 aliphatic carbocycles. The van der Waals surface area contributed by atoms with Gasteiger partial charge in [-0.05, 0) is 39.0 Å². The van der Waals surface area contributed by atoms with Crippen molar-refractivity contribution in [3.05, 3.63) is 30.1 Å². The molecule has 1 saturated heterocycles. The van der Waals surface area contributed by atoms with Crippen LogP contribution in [-0.4, -0.2) is 59.5 Å². The molecule has 1 fully saturated rings. The van der Waals surface area contributed by atoms with E-state index in [0.717, 1.165) is 0 Å². The molecule has 1 N–H and O–H groups in total. The first-order valence-electron chi connectivity index (χ1n) is 8.95. The van der Waals surface area contributed by atoms with E-state index in [1.165, 1.54) is 18.2 Å². The Bertz CT molecular complexity index is 694. The van der Waals surface area contributed by atoms with Gasteiger partial charge in [-0.15, -0.1) is 0 Å². The molecule has 0 saturated carbocycles. The Morgan fingerprint density at radius 1 is 1.07 bits per heavy atom. The number of carbonyl (C=O) groups is 3. The van der Waals surface area contributed by atoms with Gasteiger partial charge in [0, 0.05) is 44.7 Å². The maximum absolute atomic E-state index is 13.1. The van der Waals surface area contributed by atoms with Crippen LogP contribution in [0.4, 0.5) is 14.9 Å². The summed E-state index contributed by atoms with van der Waals surface area (Å²) < 4.78 is 18.4. The standard InChI is InChI=1S/C19H26FN3O4/c1-19(2,3)27-18(26)23-11-9-22(10-12-23)17(25)8-7-16(24)21-15-6-4-5-14(20)13-15/h4-6,13H,7-12H2,1-3H3,(H,21,24). The van der Waals surface area contributed by atoms with E-state index in [-0.39, 0.29) is 30.7 Å². The summed E-state index contributed by atoms with van der Waals surface area (Å²) in [7, 11) is 0. The average Bonchev–Trinajstić information content (AvgIpc) is 2.58. The number of nitrogens with zero attached hydrogens (tertiary/aromatic N) is 2. The van der Waals surface area contributed by atoms with Crippen molar-refractivity contribution in [3.8, 4) is 0 Å². The van der Waals surface area contributed by atoms with Crippen LogP contribution in [0.1, 0.15) is 33.6 Å². The number of nitrogens with one attached hydrogen (secondary N) is 1. The number of carbonyl (C=O) groups excluding carboxylic acids is 3. The Balaban J connectivity index is 1.73. The van der Waals surface area contributed by atoms with Crippen LogP contribution in [-0.2, 0) is 14.3 Å². The molecule has 2 rings (SSSR count). The first-order chi connectivity index (χ1) is 12.6. The zero-order valence-electron chi connectivity index (χ0n) is 16.0. The third-order valence-electron chi connectivity index (χ3n) is 3.96. The van der Waals surface area contributed by atoms with Gasteiger partial charge in [-0.25, -0.2) is 9.18 Å². The highest BCUT2D eigenvalue weighted by Crippen LogP contribution is 2.13. The lowest BCUT2D eigenvalue weighted by molar-refractivity contribution is -0.134. The quantitative estimate of drug-likeness (QED) is 0.872. The smallest absolute Gasteiger partial charge is 0.410 e. The summed E-state index contributed by atoms with van der Waals surface area (Å²) >= 11 is 0. The summed E-state index contributed by atoms with van der Waals surface area (Å²) in [5.74, 6) is -0.929. The second-order valence-electron chi connectivity index (χ2n) is 7.41. The second-order valence-corrected chi connectivity index (χ2v) is 7.41. The fourth-order valence-electron chi connectivity index (χ4n) is 2.63. The molecule has 148 valence electrons. The molecule has 27 heavy (non-hydrogen) atoms. The van der Waals surface area contributed by atoms with E-state index in [1.807, 2.05) is 0 Å². The predicted molar refractivity (Wildman–Crippen MR) is 98.7 cm³/mol. The summed E-state index contributed by atoms with van der Waals surface area (Å²) in [6.07, 6.45) is -0.307. The summed E-state index contributed by atoms with van der Waals surface area (Å²) in [6.45, 7) is 7.03. The third kappa shape index (κ3) is 6.88. The van der Waals surface area contributed by atoms with E-state index < -0.39 is 11.4 Å². The van der Waals surface area contributed by atoms with Gasteiger partial charge in [0.15, 0.2) is 0 Å². The van der Waals surface area contributed by atoms with E-state index in [2.05, 4.69) is 5.32 Å². The molecule has 0 atom stereocenters. The van der Waals surface area contributed by atoms with E-state index in [9.17, 15) is 18.8 Å². The molecule has 1 heterocycles. The summed E-state index contributed by atoms with van der Waals surface area (Å²) in [4.78, 5) is 39.4. The van der Waals surface area contributed by atoms with Crippen LogP contribution in [0.5, 0.6) is 0 Å². The Labute approximate surface area is 158 Å². The van der Waals surface area contributed by atoms with Crippen LogP contribution in [0.25, 0.3) is 0 Å². The van der Waals surface area contributed by atoms with E-state index in [0.29, 0.717) is 31.9 Å². The minimum atomic E-state index is -0.556. The van der Waals surface area contributed by atoms with Gasteiger partial charge in [0.05, 0.1) is 0 Å². The lowest BCUT2D eigenvalue weighted by atomic mass is 10.2. The largest absolute Gasteiger partial charge is 0.444 e. The molecule has 8 heteroatoms.